The fourth-order valence-corrected chi connectivity index (χ4v) is 2.10. The van der Waals surface area contributed by atoms with Crippen LogP contribution in [0.3, 0.4) is 0 Å². The molecule has 96 valence electrons. The van der Waals surface area contributed by atoms with Crippen LogP contribution < -0.4 is 10.6 Å². The molecule has 1 fully saturated rings. The van der Waals surface area contributed by atoms with E-state index in [1.165, 1.54) is 12.1 Å². The minimum atomic E-state index is -1.12. The number of hydrogen-bond acceptors (Lipinski definition) is 3. The third-order valence-corrected chi connectivity index (χ3v) is 3.08. The van der Waals surface area contributed by atoms with E-state index in [1.54, 1.807) is 6.07 Å². The lowest BCUT2D eigenvalue weighted by molar-refractivity contribution is -0.117. The summed E-state index contributed by atoms with van der Waals surface area (Å²) in [5.74, 6) is -1.33. The van der Waals surface area contributed by atoms with Crippen LogP contribution in [0.5, 0.6) is 0 Å². The number of amides is 1. The Balaban J connectivity index is 2.17. The van der Waals surface area contributed by atoms with Gasteiger partial charge in [-0.05, 0) is 37.6 Å². The lowest BCUT2D eigenvalue weighted by Crippen LogP contribution is -2.35. The lowest BCUT2D eigenvalue weighted by Gasteiger charge is -2.13. The molecule has 18 heavy (non-hydrogen) atoms. The predicted octanol–water partition coefficient (Wildman–Crippen LogP) is 1.73. The zero-order chi connectivity index (χ0) is 13.1. The Labute approximate surface area is 109 Å². The Bertz CT molecular complexity index is 484. The van der Waals surface area contributed by atoms with Gasteiger partial charge < -0.3 is 15.7 Å². The van der Waals surface area contributed by atoms with E-state index in [0.29, 0.717) is 5.02 Å². The van der Waals surface area contributed by atoms with Crippen molar-refractivity contribution >= 4 is 29.2 Å². The zero-order valence-corrected chi connectivity index (χ0v) is 10.3. The highest BCUT2D eigenvalue weighted by Crippen LogP contribution is 2.21. The van der Waals surface area contributed by atoms with Crippen LogP contribution in [0.25, 0.3) is 0 Å². The summed E-state index contributed by atoms with van der Waals surface area (Å²) in [4.78, 5) is 22.9. The van der Waals surface area contributed by atoms with Gasteiger partial charge in [0.15, 0.2) is 0 Å². The second kappa shape index (κ2) is 5.37. The molecule has 1 unspecified atom stereocenters. The molecule has 3 N–H and O–H groups in total. The van der Waals surface area contributed by atoms with E-state index in [-0.39, 0.29) is 23.2 Å². The third kappa shape index (κ3) is 2.80. The maximum atomic E-state index is 11.9. The quantitative estimate of drug-likeness (QED) is 0.780. The molecule has 1 amide bonds. The molecule has 1 heterocycles. The number of carbonyl (C=O) groups excluding carboxylic acids is 1. The van der Waals surface area contributed by atoms with Gasteiger partial charge in [-0.3, -0.25) is 4.79 Å². The molecule has 5 nitrogen and oxygen atoms in total. The molecule has 1 aliphatic heterocycles. The van der Waals surface area contributed by atoms with Gasteiger partial charge in [-0.1, -0.05) is 11.6 Å². The summed E-state index contributed by atoms with van der Waals surface area (Å²) in [6.07, 6.45) is 1.71. The van der Waals surface area contributed by atoms with Crippen molar-refractivity contribution in [2.45, 2.75) is 18.9 Å². The van der Waals surface area contributed by atoms with Crippen molar-refractivity contribution in [3.63, 3.8) is 0 Å². The van der Waals surface area contributed by atoms with Crippen LogP contribution in [-0.4, -0.2) is 29.6 Å². The first-order valence-electron chi connectivity index (χ1n) is 5.65. The zero-order valence-electron chi connectivity index (χ0n) is 9.57. The number of carboxylic acids is 1. The average Bonchev–Trinajstić information content (AvgIpc) is 2.84. The van der Waals surface area contributed by atoms with Crippen LogP contribution >= 0.6 is 11.6 Å². The van der Waals surface area contributed by atoms with Crippen LogP contribution in [-0.2, 0) is 4.79 Å². The monoisotopic (exact) mass is 268 g/mol. The van der Waals surface area contributed by atoms with Gasteiger partial charge in [-0.15, -0.1) is 0 Å². The van der Waals surface area contributed by atoms with Crippen LogP contribution in [0, 0.1) is 0 Å². The molecule has 0 bridgehead atoms. The number of carboxylic acid groups (broad SMARTS) is 1. The molecule has 0 saturated carbocycles. The standard InChI is InChI=1S/C12H13ClN2O3/c13-7-3-4-9(8(6-7)12(17)18)15-11(16)10-2-1-5-14-10/h3-4,6,10,14H,1-2,5H2,(H,15,16)(H,17,18). The molecule has 0 radical (unpaired) electrons. The summed E-state index contributed by atoms with van der Waals surface area (Å²) in [6, 6.07) is 4.12. The molecule has 2 rings (SSSR count). The molecule has 1 saturated heterocycles. The maximum Gasteiger partial charge on any atom is 0.337 e. The van der Waals surface area contributed by atoms with Crippen LogP contribution in [0.1, 0.15) is 23.2 Å². The molecule has 0 aromatic heterocycles. The molecule has 1 aromatic rings. The molecule has 1 aliphatic rings. The van der Waals surface area contributed by atoms with Crippen LogP contribution in [0.2, 0.25) is 5.02 Å². The molecular weight excluding hydrogens is 256 g/mol. The largest absolute Gasteiger partial charge is 0.478 e. The summed E-state index contributed by atoms with van der Waals surface area (Å²) in [6.45, 7) is 0.810. The van der Waals surface area contributed by atoms with Crippen molar-refractivity contribution in [3.05, 3.63) is 28.8 Å². The van der Waals surface area contributed by atoms with Crippen molar-refractivity contribution in [1.82, 2.24) is 5.32 Å². The Hall–Kier alpha value is -1.59. The first-order chi connectivity index (χ1) is 8.58. The molecular formula is C12H13ClN2O3. The summed E-state index contributed by atoms with van der Waals surface area (Å²) in [5, 5.41) is 15.0. The second-order valence-corrected chi connectivity index (χ2v) is 4.57. The molecule has 1 atom stereocenters. The minimum absolute atomic E-state index is 0.00570. The minimum Gasteiger partial charge on any atom is -0.478 e. The highest BCUT2D eigenvalue weighted by molar-refractivity contribution is 6.31. The Morgan fingerprint density at radius 3 is 2.83 bits per heavy atom. The molecule has 6 heteroatoms. The van der Waals surface area contributed by atoms with Gasteiger partial charge in [0.1, 0.15) is 0 Å². The van der Waals surface area contributed by atoms with Gasteiger partial charge >= 0.3 is 5.97 Å². The number of anilines is 1. The Morgan fingerprint density at radius 1 is 1.44 bits per heavy atom. The van der Waals surface area contributed by atoms with Crippen LogP contribution in [0.15, 0.2) is 18.2 Å². The first-order valence-corrected chi connectivity index (χ1v) is 6.03. The highest BCUT2D eigenvalue weighted by atomic mass is 35.5. The van der Waals surface area contributed by atoms with Crippen LogP contribution in [0.4, 0.5) is 5.69 Å². The number of nitrogens with one attached hydrogen (secondary N) is 2. The summed E-state index contributed by atoms with van der Waals surface area (Å²) in [5.41, 5.74) is 0.263. The number of benzene rings is 1. The molecule has 1 aromatic carbocycles. The van der Waals surface area contributed by atoms with E-state index >= 15 is 0 Å². The van der Waals surface area contributed by atoms with Gasteiger partial charge in [0, 0.05) is 5.02 Å². The summed E-state index contributed by atoms with van der Waals surface area (Å²) >= 11 is 5.74. The van der Waals surface area contributed by atoms with Crippen molar-refractivity contribution in [2.75, 3.05) is 11.9 Å². The van der Waals surface area contributed by atoms with E-state index in [2.05, 4.69) is 10.6 Å². The first kappa shape index (κ1) is 12.9. The van der Waals surface area contributed by atoms with E-state index < -0.39 is 5.97 Å². The smallest absolute Gasteiger partial charge is 0.337 e. The van der Waals surface area contributed by atoms with E-state index in [0.717, 1.165) is 19.4 Å². The van der Waals surface area contributed by atoms with Crippen molar-refractivity contribution in [2.24, 2.45) is 0 Å². The number of rotatable bonds is 3. The van der Waals surface area contributed by atoms with Crippen molar-refractivity contribution in [1.29, 1.82) is 0 Å². The van der Waals surface area contributed by atoms with E-state index in [9.17, 15) is 9.59 Å². The van der Waals surface area contributed by atoms with E-state index in [1.807, 2.05) is 0 Å². The maximum absolute atomic E-state index is 11.9. The third-order valence-electron chi connectivity index (χ3n) is 2.85. The van der Waals surface area contributed by atoms with Gasteiger partial charge in [0.2, 0.25) is 5.91 Å². The highest BCUT2D eigenvalue weighted by Gasteiger charge is 2.23. The van der Waals surface area contributed by atoms with Gasteiger partial charge in [-0.25, -0.2) is 4.79 Å². The Kier molecular flexibility index (Phi) is 3.84. The SMILES string of the molecule is O=C(O)c1cc(Cl)ccc1NC(=O)C1CCCN1. The molecule has 0 spiro atoms. The second-order valence-electron chi connectivity index (χ2n) is 4.13. The van der Waals surface area contributed by atoms with Gasteiger partial charge in [-0.2, -0.15) is 0 Å². The molecule has 0 aliphatic carbocycles. The van der Waals surface area contributed by atoms with E-state index in [4.69, 9.17) is 16.7 Å². The summed E-state index contributed by atoms with van der Waals surface area (Å²) < 4.78 is 0. The normalized spacial score (nSPS) is 18.6. The van der Waals surface area contributed by atoms with Crippen molar-refractivity contribution < 1.29 is 14.7 Å². The van der Waals surface area contributed by atoms with Gasteiger partial charge in [0.25, 0.3) is 0 Å². The number of hydrogen-bond donors (Lipinski definition) is 3. The van der Waals surface area contributed by atoms with Gasteiger partial charge in [0.05, 0.1) is 17.3 Å². The number of carbonyl (C=O) groups is 2. The van der Waals surface area contributed by atoms with Crippen molar-refractivity contribution in [3.8, 4) is 0 Å². The average molecular weight is 269 g/mol. The lowest BCUT2D eigenvalue weighted by atomic mass is 10.1. The predicted molar refractivity (Wildman–Crippen MR) is 68.1 cm³/mol. The summed E-state index contributed by atoms with van der Waals surface area (Å²) in [7, 11) is 0. The fourth-order valence-electron chi connectivity index (χ4n) is 1.93. The topological polar surface area (TPSA) is 78.4 Å². The number of halogens is 1. The number of aromatic carboxylic acids is 1. The Morgan fingerprint density at radius 2 is 2.22 bits per heavy atom. The fraction of sp³-hybridized carbons (Fsp3) is 0.333.